The minimum Gasteiger partial charge on any atom is -0.396 e. The number of carbonyl (C=O) groups is 1. The van der Waals surface area contributed by atoms with Crippen LogP contribution >= 0.6 is 0 Å². The van der Waals surface area contributed by atoms with E-state index in [0.717, 1.165) is 25.7 Å². The molecule has 1 aliphatic rings. The third-order valence-electron chi connectivity index (χ3n) is 4.46. The van der Waals surface area contributed by atoms with Gasteiger partial charge in [0.15, 0.2) is 0 Å². The summed E-state index contributed by atoms with van der Waals surface area (Å²) in [4.78, 5) is 22.7. The zero-order valence-electron chi connectivity index (χ0n) is 13.9. The van der Waals surface area contributed by atoms with Crippen molar-refractivity contribution in [2.45, 2.75) is 25.7 Å². The maximum Gasteiger partial charge on any atom is 0.257 e. The first-order valence-corrected chi connectivity index (χ1v) is 8.03. The highest BCUT2D eigenvalue weighted by Crippen LogP contribution is 2.34. The summed E-state index contributed by atoms with van der Waals surface area (Å²) in [5, 5.41) is 12.7. The van der Waals surface area contributed by atoms with Crippen molar-refractivity contribution in [3.63, 3.8) is 0 Å². The predicted molar refractivity (Wildman–Crippen MR) is 87.3 cm³/mol. The molecule has 2 rings (SSSR count). The van der Waals surface area contributed by atoms with Crippen molar-refractivity contribution in [1.82, 2.24) is 14.9 Å². The number of aromatic nitrogens is 2. The lowest BCUT2D eigenvalue weighted by atomic mass is 9.77. The first-order valence-electron chi connectivity index (χ1n) is 8.03. The number of hydrogen-bond acceptors (Lipinski definition) is 6. The van der Waals surface area contributed by atoms with Crippen LogP contribution in [0.15, 0.2) is 12.4 Å². The van der Waals surface area contributed by atoms with Gasteiger partial charge in [0.05, 0.1) is 12.2 Å². The Hall–Kier alpha value is -1.73. The number of methoxy groups -OCH3 is 1. The van der Waals surface area contributed by atoms with Crippen LogP contribution in [0.1, 0.15) is 36.0 Å². The summed E-state index contributed by atoms with van der Waals surface area (Å²) in [5.74, 6) is 0.418. The number of carbonyl (C=O) groups excluding carboxylic acids is 1. The average molecular weight is 322 g/mol. The molecule has 0 spiro atoms. The molecule has 128 valence electrons. The van der Waals surface area contributed by atoms with Crippen LogP contribution in [-0.4, -0.2) is 66.3 Å². The van der Waals surface area contributed by atoms with E-state index in [1.807, 2.05) is 4.90 Å². The van der Waals surface area contributed by atoms with Crippen LogP contribution in [-0.2, 0) is 4.74 Å². The number of aliphatic hydroxyl groups excluding tert-OH is 1. The molecule has 1 atom stereocenters. The summed E-state index contributed by atoms with van der Waals surface area (Å²) in [6.07, 6.45) is 6.67. The summed E-state index contributed by atoms with van der Waals surface area (Å²) in [6.45, 7) is 2.04. The van der Waals surface area contributed by atoms with Gasteiger partial charge in [-0.2, -0.15) is 0 Å². The Labute approximate surface area is 137 Å². The smallest absolute Gasteiger partial charge is 0.257 e. The molecule has 0 aromatic carbocycles. The van der Waals surface area contributed by atoms with Crippen LogP contribution in [0.25, 0.3) is 0 Å². The molecule has 1 saturated heterocycles. The van der Waals surface area contributed by atoms with E-state index in [0.29, 0.717) is 31.2 Å². The van der Waals surface area contributed by atoms with Gasteiger partial charge in [-0.3, -0.25) is 4.79 Å². The normalized spacial score (nSPS) is 21.3. The number of likely N-dealkylation sites (tertiary alicyclic amines) is 1. The van der Waals surface area contributed by atoms with Gasteiger partial charge < -0.3 is 20.1 Å². The van der Waals surface area contributed by atoms with E-state index in [1.165, 1.54) is 0 Å². The van der Waals surface area contributed by atoms with Gasteiger partial charge in [-0.1, -0.05) is 0 Å². The largest absolute Gasteiger partial charge is 0.396 e. The van der Waals surface area contributed by atoms with Gasteiger partial charge in [-0.15, -0.1) is 0 Å². The fraction of sp³-hybridized carbons (Fsp3) is 0.688. The molecule has 0 aliphatic carbocycles. The molecule has 1 aromatic heterocycles. The Morgan fingerprint density at radius 3 is 2.83 bits per heavy atom. The maximum atomic E-state index is 12.7. The van der Waals surface area contributed by atoms with E-state index in [-0.39, 0.29) is 17.9 Å². The van der Waals surface area contributed by atoms with Gasteiger partial charge in [-0.25, -0.2) is 9.97 Å². The average Bonchev–Trinajstić information content (AvgIpc) is 2.61. The Balaban J connectivity index is 2.04. The molecule has 1 amide bonds. The molecule has 1 fully saturated rings. The van der Waals surface area contributed by atoms with Crippen molar-refractivity contribution < 1.29 is 14.6 Å². The molecule has 0 saturated carbocycles. The number of rotatable bonds is 7. The van der Waals surface area contributed by atoms with Gasteiger partial charge in [0.2, 0.25) is 5.95 Å². The fourth-order valence-electron chi connectivity index (χ4n) is 3.14. The Kier molecular flexibility index (Phi) is 6.29. The Bertz CT molecular complexity index is 509. The highest BCUT2D eigenvalue weighted by molar-refractivity contribution is 5.93. The van der Waals surface area contributed by atoms with Crippen LogP contribution in [0.4, 0.5) is 5.95 Å². The van der Waals surface area contributed by atoms with Crippen LogP contribution in [0.2, 0.25) is 0 Å². The SMILES string of the molecule is CNc1ncc(C(=O)N2CCCC(CO)(CCCOC)C2)cn1. The highest BCUT2D eigenvalue weighted by atomic mass is 16.5. The van der Waals surface area contributed by atoms with Gasteiger partial charge in [0, 0.05) is 51.7 Å². The second-order valence-corrected chi connectivity index (χ2v) is 6.13. The lowest BCUT2D eigenvalue weighted by Gasteiger charge is -2.42. The van der Waals surface area contributed by atoms with E-state index in [4.69, 9.17) is 4.74 Å². The second-order valence-electron chi connectivity index (χ2n) is 6.13. The number of anilines is 1. The molecule has 1 aromatic rings. The lowest BCUT2D eigenvalue weighted by molar-refractivity contribution is 0.0180. The van der Waals surface area contributed by atoms with E-state index in [9.17, 15) is 9.90 Å². The number of piperidine rings is 1. The minimum absolute atomic E-state index is 0.0723. The predicted octanol–water partition coefficient (Wildman–Crippen LogP) is 1.16. The number of nitrogens with one attached hydrogen (secondary N) is 1. The van der Waals surface area contributed by atoms with E-state index < -0.39 is 0 Å². The summed E-state index contributed by atoms with van der Waals surface area (Å²) in [6, 6.07) is 0. The summed E-state index contributed by atoms with van der Waals surface area (Å²) in [5.41, 5.74) is 0.257. The molecule has 7 nitrogen and oxygen atoms in total. The van der Waals surface area contributed by atoms with Gasteiger partial charge in [0.1, 0.15) is 0 Å². The van der Waals surface area contributed by atoms with Crippen molar-refractivity contribution in [2.24, 2.45) is 5.41 Å². The summed E-state index contributed by atoms with van der Waals surface area (Å²) in [7, 11) is 3.41. The minimum atomic E-state index is -0.224. The lowest BCUT2D eigenvalue weighted by Crippen LogP contribution is -2.48. The zero-order valence-corrected chi connectivity index (χ0v) is 13.9. The number of hydrogen-bond donors (Lipinski definition) is 2. The molecular formula is C16H26N4O3. The molecule has 23 heavy (non-hydrogen) atoms. The van der Waals surface area contributed by atoms with Crippen LogP contribution in [0.3, 0.4) is 0 Å². The van der Waals surface area contributed by atoms with Crippen LogP contribution in [0.5, 0.6) is 0 Å². The third-order valence-corrected chi connectivity index (χ3v) is 4.46. The maximum absolute atomic E-state index is 12.7. The molecule has 7 heteroatoms. The molecule has 0 radical (unpaired) electrons. The first kappa shape index (κ1) is 17.6. The second kappa shape index (κ2) is 8.21. The van der Waals surface area contributed by atoms with Crippen molar-refractivity contribution in [3.8, 4) is 0 Å². The van der Waals surface area contributed by atoms with Crippen molar-refractivity contribution in [2.75, 3.05) is 45.8 Å². The Morgan fingerprint density at radius 1 is 1.48 bits per heavy atom. The molecule has 1 unspecified atom stereocenters. The van der Waals surface area contributed by atoms with Gasteiger partial charge in [0.25, 0.3) is 5.91 Å². The molecule has 2 heterocycles. The van der Waals surface area contributed by atoms with Crippen LogP contribution in [0, 0.1) is 5.41 Å². The number of amides is 1. The Morgan fingerprint density at radius 2 is 2.22 bits per heavy atom. The summed E-state index contributed by atoms with van der Waals surface area (Å²) < 4.78 is 5.10. The quantitative estimate of drug-likeness (QED) is 0.733. The molecular weight excluding hydrogens is 296 g/mol. The number of nitrogens with zero attached hydrogens (tertiary/aromatic N) is 3. The van der Waals surface area contributed by atoms with E-state index in [1.54, 1.807) is 26.6 Å². The summed E-state index contributed by atoms with van der Waals surface area (Å²) >= 11 is 0. The fourth-order valence-corrected chi connectivity index (χ4v) is 3.14. The monoisotopic (exact) mass is 322 g/mol. The van der Waals surface area contributed by atoms with E-state index in [2.05, 4.69) is 15.3 Å². The van der Waals surface area contributed by atoms with Crippen molar-refractivity contribution in [1.29, 1.82) is 0 Å². The van der Waals surface area contributed by atoms with Crippen molar-refractivity contribution >= 4 is 11.9 Å². The van der Waals surface area contributed by atoms with Gasteiger partial charge >= 0.3 is 0 Å². The van der Waals surface area contributed by atoms with Crippen molar-refractivity contribution in [3.05, 3.63) is 18.0 Å². The molecule has 2 N–H and O–H groups in total. The standard InChI is InChI=1S/C16H26N4O3/c1-17-15-18-9-13(10-19-15)14(22)20-7-3-5-16(11-20,12-21)6-4-8-23-2/h9-10,21H,3-8,11-12H2,1-2H3,(H,17,18,19). The number of aliphatic hydroxyl groups is 1. The zero-order chi connectivity index (χ0) is 16.7. The van der Waals surface area contributed by atoms with Crippen LogP contribution < -0.4 is 5.32 Å². The highest BCUT2D eigenvalue weighted by Gasteiger charge is 2.36. The van der Waals surface area contributed by atoms with E-state index >= 15 is 0 Å². The first-order chi connectivity index (χ1) is 11.1. The molecule has 1 aliphatic heterocycles. The molecule has 0 bridgehead atoms. The topological polar surface area (TPSA) is 87.6 Å². The number of ether oxygens (including phenoxy) is 1. The van der Waals surface area contributed by atoms with Gasteiger partial charge in [-0.05, 0) is 25.7 Å². The third kappa shape index (κ3) is 4.39.